The van der Waals surface area contributed by atoms with E-state index in [1.807, 2.05) is 12.3 Å². The Morgan fingerprint density at radius 3 is 2.92 bits per heavy atom. The maximum absolute atomic E-state index is 12.6. The summed E-state index contributed by atoms with van der Waals surface area (Å²) in [5, 5.41) is 9.18. The van der Waals surface area contributed by atoms with Crippen molar-refractivity contribution in [3.63, 3.8) is 0 Å². The van der Waals surface area contributed by atoms with Crippen molar-refractivity contribution in [1.82, 2.24) is 15.6 Å². The van der Waals surface area contributed by atoms with Crippen LogP contribution in [-0.2, 0) is 0 Å². The first-order chi connectivity index (χ1) is 11.8. The van der Waals surface area contributed by atoms with E-state index in [-0.39, 0.29) is 11.9 Å². The minimum atomic E-state index is -0.0369. The third-order valence-corrected chi connectivity index (χ3v) is 6.80. The molecule has 2 aromatic rings. The van der Waals surface area contributed by atoms with Gasteiger partial charge in [-0.1, -0.05) is 0 Å². The molecule has 5 heterocycles. The van der Waals surface area contributed by atoms with E-state index in [2.05, 4.69) is 26.6 Å². The fourth-order valence-electron chi connectivity index (χ4n) is 4.38. The van der Waals surface area contributed by atoms with E-state index in [9.17, 15) is 4.79 Å². The van der Waals surface area contributed by atoms with Crippen LogP contribution in [0.2, 0.25) is 0 Å². The molecule has 24 heavy (non-hydrogen) atoms. The minimum Gasteiger partial charge on any atom is -0.363 e. The Morgan fingerprint density at radius 1 is 1.29 bits per heavy atom. The highest BCUT2D eigenvalue weighted by Gasteiger charge is 2.39. The maximum atomic E-state index is 12.6. The molecule has 3 aliphatic heterocycles. The number of fused-ring (bicyclic) bond motifs is 3. The van der Waals surface area contributed by atoms with E-state index in [1.165, 1.54) is 30.7 Å². The summed E-state index contributed by atoms with van der Waals surface area (Å²) in [5.41, 5.74) is 0.538. The normalized spacial score (nSPS) is 28.8. The summed E-state index contributed by atoms with van der Waals surface area (Å²) in [6, 6.07) is 5.46. The third kappa shape index (κ3) is 2.48. The van der Waals surface area contributed by atoms with Crippen LogP contribution in [0.1, 0.15) is 42.6 Å². The SMILES string of the molecule is O=C(N[C@@H]1C[C@H]2CC[C@@H]1N2)c1cc2cc(N3CCCC3)sc2cn1. The van der Waals surface area contributed by atoms with Crippen molar-refractivity contribution in [2.75, 3.05) is 18.0 Å². The summed E-state index contributed by atoms with van der Waals surface area (Å²) in [4.78, 5) is 19.4. The Morgan fingerprint density at radius 2 is 2.17 bits per heavy atom. The molecule has 5 nitrogen and oxygen atoms in total. The van der Waals surface area contributed by atoms with E-state index in [0.29, 0.717) is 17.8 Å². The Kier molecular flexibility index (Phi) is 3.49. The molecule has 2 bridgehead atoms. The molecule has 0 aromatic carbocycles. The molecule has 5 rings (SSSR count). The molecule has 0 spiro atoms. The summed E-state index contributed by atoms with van der Waals surface area (Å²) < 4.78 is 1.16. The number of nitrogens with zero attached hydrogens (tertiary/aromatic N) is 2. The number of carbonyl (C=O) groups excluding carboxylic acids is 1. The molecule has 0 aliphatic carbocycles. The van der Waals surface area contributed by atoms with Crippen LogP contribution in [0, 0.1) is 0 Å². The standard InChI is InChI=1S/C18H22N4OS/c23-18(21-14-9-12-3-4-13(14)20-12)15-7-11-8-17(22-5-1-2-6-22)24-16(11)10-19-15/h7-8,10,12-14,20H,1-6,9H2,(H,21,23)/t12-,13+,14-/m1/s1. The molecule has 3 saturated heterocycles. The van der Waals surface area contributed by atoms with Crippen molar-refractivity contribution in [2.24, 2.45) is 0 Å². The van der Waals surface area contributed by atoms with Crippen molar-refractivity contribution in [3.8, 4) is 0 Å². The summed E-state index contributed by atoms with van der Waals surface area (Å²) >= 11 is 1.78. The zero-order valence-corrected chi connectivity index (χ0v) is 14.4. The van der Waals surface area contributed by atoms with Gasteiger partial charge < -0.3 is 15.5 Å². The first-order valence-electron chi connectivity index (χ1n) is 8.98. The van der Waals surface area contributed by atoms with Crippen LogP contribution in [0.5, 0.6) is 0 Å². The lowest BCUT2D eigenvalue weighted by Crippen LogP contribution is -2.43. The van der Waals surface area contributed by atoms with Gasteiger partial charge in [-0.3, -0.25) is 4.79 Å². The lowest BCUT2D eigenvalue weighted by molar-refractivity contribution is 0.0926. The van der Waals surface area contributed by atoms with Gasteiger partial charge >= 0.3 is 0 Å². The van der Waals surface area contributed by atoms with Crippen LogP contribution < -0.4 is 15.5 Å². The van der Waals surface area contributed by atoms with Gasteiger partial charge in [0.2, 0.25) is 0 Å². The molecule has 2 aromatic heterocycles. The number of amides is 1. The predicted octanol–water partition coefficient (Wildman–Crippen LogP) is 2.52. The van der Waals surface area contributed by atoms with Crippen molar-refractivity contribution < 1.29 is 4.79 Å². The number of hydrogen-bond donors (Lipinski definition) is 2. The van der Waals surface area contributed by atoms with Crippen LogP contribution >= 0.6 is 11.3 Å². The lowest BCUT2D eigenvalue weighted by Gasteiger charge is -2.21. The number of pyridine rings is 1. The third-order valence-electron chi connectivity index (χ3n) is 5.66. The van der Waals surface area contributed by atoms with Gasteiger partial charge in [0.15, 0.2) is 0 Å². The van der Waals surface area contributed by atoms with Gasteiger partial charge in [-0.25, -0.2) is 4.98 Å². The number of rotatable bonds is 3. The second-order valence-corrected chi connectivity index (χ2v) is 8.31. The largest absolute Gasteiger partial charge is 0.363 e. The first kappa shape index (κ1) is 14.7. The van der Waals surface area contributed by atoms with Gasteiger partial charge in [-0.05, 0) is 49.6 Å². The molecular formula is C18H22N4OS. The lowest BCUT2D eigenvalue weighted by atomic mass is 9.95. The minimum absolute atomic E-state index is 0.0369. The van der Waals surface area contributed by atoms with Gasteiger partial charge in [-0.2, -0.15) is 0 Å². The molecule has 0 unspecified atom stereocenters. The molecule has 1 amide bonds. The zero-order valence-electron chi connectivity index (χ0n) is 13.6. The van der Waals surface area contributed by atoms with Crippen LogP contribution in [0.15, 0.2) is 18.3 Å². The van der Waals surface area contributed by atoms with Gasteiger partial charge in [-0.15, -0.1) is 11.3 Å². The average molecular weight is 342 g/mol. The van der Waals surface area contributed by atoms with Crippen molar-refractivity contribution in [2.45, 2.75) is 50.2 Å². The number of nitrogens with one attached hydrogen (secondary N) is 2. The topological polar surface area (TPSA) is 57.3 Å². The van der Waals surface area contributed by atoms with Crippen molar-refractivity contribution >= 4 is 32.3 Å². The smallest absolute Gasteiger partial charge is 0.270 e. The predicted molar refractivity (Wildman–Crippen MR) is 96.9 cm³/mol. The highest BCUT2D eigenvalue weighted by Crippen LogP contribution is 2.34. The fourth-order valence-corrected chi connectivity index (χ4v) is 5.44. The average Bonchev–Trinajstić information content (AvgIpc) is 3.35. The van der Waals surface area contributed by atoms with Gasteiger partial charge in [0.1, 0.15) is 5.69 Å². The Bertz CT molecular complexity index is 782. The molecule has 3 aliphatic rings. The molecule has 3 atom stereocenters. The highest BCUT2D eigenvalue weighted by atomic mass is 32.1. The van der Waals surface area contributed by atoms with Gasteiger partial charge in [0.05, 0.1) is 9.70 Å². The summed E-state index contributed by atoms with van der Waals surface area (Å²) in [7, 11) is 0. The van der Waals surface area contributed by atoms with Crippen LogP contribution in [-0.4, -0.2) is 42.1 Å². The molecule has 6 heteroatoms. The Balaban J connectivity index is 1.35. The summed E-state index contributed by atoms with van der Waals surface area (Å²) in [5.74, 6) is -0.0369. The van der Waals surface area contributed by atoms with Crippen LogP contribution in [0.4, 0.5) is 5.00 Å². The summed E-state index contributed by atoms with van der Waals surface area (Å²) in [6.07, 6.45) is 7.88. The number of hydrogen-bond acceptors (Lipinski definition) is 5. The fraction of sp³-hybridized carbons (Fsp3) is 0.556. The maximum Gasteiger partial charge on any atom is 0.270 e. The first-order valence-corrected chi connectivity index (χ1v) is 9.79. The molecule has 3 fully saturated rings. The monoisotopic (exact) mass is 342 g/mol. The van der Waals surface area contributed by atoms with E-state index < -0.39 is 0 Å². The van der Waals surface area contributed by atoms with E-state index in [1.54, 1.807) is 11.3 Å². The van der Waals surface area contributed by atoms with E-state index in [4.69, 9.17) is 0 Å². The van der Waals surface area contributed by atoms with Crippen molar-refractivity contribution in [3.05, 3.63) is 24.0 Å². The highest BCUT2D eigenvalue weighted by molar-refractivity contribution is 7.22. The Hall–Kier alpha value is -1.66. The second kappa shape index (κ2) is 5.70. The van der Waals surface area contributed by atoms with Crippen LogP contribution in [0.25, 0.3) is 10.1 Å². The molecule has 0 radical (unpaired) electrons. The number of anilines is 1. The van der Waals surface area contributed by atoms with Crippen molar-refractivity contribution in [1.29, 1.82) is 0 Å². The quantitative estimate of drug-likeness (QED) is 0.900. The molecule has 0 saturated carbocycles. The van der Waals surface area contributed by atoms with E-state index >= 15 is 0 Å². The number of carbonyl (C=O) groups is 1. The zero-order chi connectivity index (χ0) is 16.1. The van der Waals surface area contributed by atoms with Crippen LogP contribution in [0.3, 0.4) is 0 Å². The van der Waals surface area contributed by atoms with Gasteiger partial charge in [0, 0.05) is 37.4 Å². The molecular weight excluding hydrogens is 320 g/mol. The number of aromatic nitrogens is 1. The second-order valence-electron chi connectivity index (χ2n) is 7.25. The van der Waals surface area contributed by atoms with E-state index in [0.717, 1.165) is 29.6 Å². The molecule has 2 N–H and O–H groups in total. The molecule has 126 valence electrons. The number of thiophene rings is 1. The Labute approximate surface area is 145 Å². The van der Waals surface area contributed by atoms with Gasteiger partial charge in [0.25, 0.3) is 5.91 Å². The summed E-state index contributed by atoms with van der Waals surface area (Å²) in [6.45, 7) is 2.29.